The number of benzene rings is 2. The number of aromatic amines is 1. The van der Waals surface area contributed by atoms with Crippen molar-refractivity contribution >= 4 is 35.3 Å². The summed E-state index contributed by atoms with van der Waals surface area (Å²) >= 11 is 1.26. The number of hydrogen-bond donors (Lipinski definition) is 3. The number of aromatic nitrogens is 2. The Balaban J connectivity index is 1.67. The second-order valence-corrected chi connectivity index (χ2v) is 6.85. The molecule has 1 aromatic heterocycles. The number of nitrogens with one attached hydrogen (secondary N) is 2. The van der Waals surface area contributed by atoms with Gasteiger partial charge in [0.25, 0.3) is 11.5 Å². The highest BCUT2D eigenvalue weighted by molar-refractivity contribution is 7.99. The molecule has 0 unspecified atom stereocenters. The minimum atomic E-state index is -1.17. The zero-order valence-electron chi connectivity index (χ0n) is 15.0. The number of carbonyl (C=O) groups excluding carboxylic acids is 1. The van der Waals surface area contributed by atoms with E-state index < -0.39 is 23.1 Å². The molecule has 3 aromatic rings. The highest BCUT2D eigenvalue weighted by Crippen LogP contribution is 2.18. The number of nitrogen functional groups attached to an aromatic ring is 1. The molecule has 0 aliphatic rings. The van der Waals surface area contributed by atoms with Crippen molar-refractivity contribution in [2.45, 2.75) is 5.16 Å². The van der Waals surface area contributed by atoms with E-state index in [1.807, 2.05) is 42.5 Å². The van der Waals surface area contributed by atoms with E-state index in [0.29, 0.717) is 5.75 Å². The number of halogens is 2. The molecule has 6 nitrogen and oxygen atoms in total. The van der Waals surface area contributed by atoms with Crippen molar-refractivity contribution in [1.29, 1.82) is 0 Å². The molecular weight excluding hydrogens is 398 g/mol. The quantitative estimate of drug-likeness (QED) is 0.422. The molecule has 3 rings (SSSR count). The molecular formula is C20H16F2N4O2S. The maximum absolute atomic E-state index is 13.3. The Bertz CT molecular complexity index is 1120. The van der Waals surface area contributed by atoms with Gasteiger partial charge in [-0.3, -0.25) is 14.6 Å². The third-order valence-corrected chi connectivity index (χ3v) is 4.60. The average molecular weight is 414 g/mol. The molecule has 1 amide bonds. The third kappa shape index (κ3) is 5.29. The number of H-pyrrole nitrogens is 1. The molecule has 0 aliphatic carbocycles. The fourth-order valence-corrected chi connectivity index (χ4v) is 3.03. The average Bonchev–Trinajstić information content (AvgIpc) is 2.71. The molecule has 4 N–H and O–H groups in total. The van der Waals surface area contributed by atoms with Gasteiger partial charge in [0.2, 0.25) is 0 Å². The Labute approximate surface area is 168 Å². The number of thioether (sulfide) groups is 1. The Morgan fingerprint density at radius 3 is 2.62 bits per heavy atom. The molecule has 0 radical (unpaired) electrons. The molecule has 0 aliphatic heterocycles. The molecule has 0 saturated heterocycles. The van der Waals surface area contributed by atoms with Gasteiger partial charge in [-0.25, -0.2) is 13.8 Å². The highest BCUT2D eigenvalue weighted by Gasteiger charge is 2.15. The van der Waals surface area contributed by atoms with Crippen molar-refractivity contribution in [2.24, 2.45) is 0 Å². The zero-order chi connectivity index (χ0) is 20.8. The highest BCUT2D eigenvalue weighted by atomic mass is 32.2. The van der Waals surface area contributed by atoms with Gasteiger partial charge in [0.15, 0.2) is 22.6 Å². The number of rotatable bonds is 6. The number of hydrogen-bond acceptors (Lipinski definition) is 5. The molecule has 148 valence electrons. The maximum atomic E-state index is 13.3. The van der Waals surface area contributed by atoms with Gasteiger partial charge in [-0.15, -0.1) is 0 Å². The number of anilines is 2. The van der Waals surface area contributed by atoms with Gasteiger partial charge in [0.1, 0.15) is 5.69 Å². The summed E-state index contributed by atoms with van der Waals surface area (Å²) in [6.45, 7) is 0. The van der Waals surface area contributed by atoms with Crippen LogP contribution in [0.3, 0.4) is 0 Å². The number of nitrogens with zero attached hydrogens (tertiary/aromatic N) is 1. The number of nitrogens with two attached hydrogens (primary N) is 1. The van der Waals surface area contributed by atoms with Gasteiger partial charge in [-0.2, -0.15) is 0 Å². The van der Waals surface area contributed by atoms with Crippen LogP contribution < -0.4 is 16.6 Å². The van der Waals surface area contributed by atoms with E-state index >= 15 is 0 Å². The lowest BCUT2D eigenvalue weighted by atomic mass is 10.2. The van der Waals surface area contributed by atoms with Gasteiger partial charge in [0.05, 0.1) is 0 Å². The van der Waals surface area contributed by atoms with Crippen LogP contribution in [-0.4, -0.2) is 21.6 Å². The van der Waals surface area contributed by atoms with Gasteiger partial charge in [-0.1, -0.05) is 54.2 Å². The fraction of sp³-hybridized carbons (Fsp3) is 0.0500. The molecule has 0 spiro atoms. The minimum Gasteiger partial charge on any atom is -0.382 e. The second-order valence-electron chi connectivity index (χ2n) is 5.84. The first-order valence-electron chi connectivity index (χ1n) is 8.44. The van der Waals surface area contributed by atoms with Crippen LogP contribution in [0.4, 0.5) is 20.3 Å². The summed E-state index contributed by atoms with van der Waals surface area (Å²) in [6, 6.07) is 12.4. The van der Waals surface area contributed by atoms with E-state index in [0.717, 1.165) is 23.8 Å². The second kappa shape index (κ2) is 9.16. The van der Waals surface area contributed by atoms with Crippen LogP contribution in [0.15, 0.2) is 64.6 Å². The van der Waals surface area contributed by atoms with Crippen molar-refractivity contribution in [3.8, 4) is 0 Å². The van der Waals surface area contributed by atoms with Crippen molar-refractivity contribution in [3.05, 3.63) is 87.7 Å². The SMILES string of the molecule is Nc1nc(SC/C=C/c2ccccc2)[nH]c(=O)c1NC(=O)c1ccc(F)c(F)c1. The largest absolute Gasteiger partial charge is 0.382 e. The summed E-state index contributed by atoms with van der Waals surface area (Å²) in [5, 5.41) is 2.56. The smallest absolute Gasteiger partial charge is 0.277 e. The summed E-state index contributed by atoms with van der Waals surface area (Å²) < 4.78 is 26.3. The maximum Gasteiger partial charge on any atom is 0.277 e. The molecule has 9 heteroatoms. The molecule has 29 heavy (non-hydrogen) atoms. The van der Waals surface area contributed by atoms with Crippen molar-refractivity contribution in [3.63, 3.8) is 0 Å². The van der Waals surface area contributed by atoms with Crippen LogP contribution in [-0.2, 0) is 0 Å². The monoisotopic (exact) mass is 414 g/mol. The standard InChI is InChI=1S/C20H16F2N4O2S/c21-14-9-8-13(11-15(14)22)18(27)24-16-17(23)25-20(26-19(16)28)29-10-4-7-12-5-2-1-3-6-12/h1-9,11H,10H2,(H,24,27)(H3,23,25,26,28)/b7-4+. The summed E-state index contributed by atoms with van der Waals surface area (Å²) in [5.41, 5.74) is 5.76. The minimum absolute atomic E-state index is 0.160. The molecule has 0 atom stereocenters. The molecule has 0 bridgehead atoms. The Morgan fingerprint density at radius 1 is 1.17 bits per heavy atom. The van der Waals surface area contributed by atoms with E-state index in [1.54, 1.807) is 0 Å². The number of amides is 1. The first kappa shape index (κ1) is 20.3. The topological polar surface area (TPSA) is 101 Å². The summed E-state index contributed by atoms with van der Waals surface area (Å²) in [5.74, 6) is -2.71. The van der Waals surface area contributed by atoms with Gasteiger partial charge < -0.3 is 11.1 Å². The lowest BCUT2D eigenvalue weighted by Gasteiger charge is -2.08. The van der Waals surface area contributed by atoms with Gasteiger partial charge in [-0.05, 0) is 23.8 Å². The summed E-state index contributed by atoms with van der Waals surface area (Å²) in [4.78, 5) is 31.0. The van der Waals surface area contributed by atoms with Crippen LogP contribution in [0.5, 0.6) is 0 Å². The molecule has 0 saturated carbocycles. The first-order chi connectivity index (χ1) is 13.9. The molecule has 1 heterocycles. The van der Waals surface area contributed by atoms with E-state index in [-0.39, 0.29) is 22.2 Å². The summed E-state index contributed by atoms with van der Waals surface area (Å²) in [6.07, 6.45) is 3.85. The van der Waals surface area contributed by atoms with Gasteiger partial charge >= 0.3 is 0 Å². The Hall–Kier alpha value is -3.46. The first-order valence-corrected chi connectivity index (χ1v) is 9.43. The van der Waals surface area contributed by atoms with Crippen molar-refractivity contribution < 1.29 is 13.6 Å². The lowest BCUT2D eigenvalue weighted by molar-refractivity contribution is 0.102. The van der Waals surface area contributed by atoms with E-state index in [4.69, 9.17) is 5.73 Å². The van der Waals surface area contributed by atoms with Crippen LogP contribution >= 0.6 is 11.8 Å². The van der Waals surface area contributed by atoms with Crippen LogP contribution in [0.2, 0.25) is 0 Å². The van der Waals surface area contributed by atoms with Crippen molar-refractivity contribution in [1.82, 2.24) is 9.97 Å². The Morgan fingerprint density at radius 2 is 1.93 bits per heavy atom. The van der Waals surface area contributed by atoms with Crippen LogP contribution in [0.25, 0.3) is 6.08 Å². The van der Waals surface area contributed by atoms with Crippen LogP contribution in [0, 0.1) is 11.6 Å². The van der Waals surface area contributed by atoms with E-state index in [9.17, 15) is 18.4 Å². The fourth-order valence-electron chi connectivity index (χ4n) is 2.36. The van der Waals surface area contributed by atoms with E-state index in [2.05, 4.69) is 15.3 Å². The van der Waals surface area contributed by atoms with Gasteiger partial charge in [0, 0.05) is 11.3 Å². The lowest BCUT2D eigenvalue weighted by Crippen LogP contribution is -2.23. The normalized spacial score (nSPS) is 11.0. The molecule has 2 aromatic carbocycles. The summed E-state index contributed by atoms with van der Waals surface area (Å²) in [7, 11) is 0. The Kier molecular flexibility index (Phi) is 6.40. The number of carbonyl (C=O) groups is 1. The van der Waals surface area contributed by atoms with Crippen LogP contribution in [0.1, 0.15) is 15.9 Å². The predicted molar refractivity (Wildman–Crippen MR) is 110 cm³/mol. The zero-order valence-corrected chi connectivity index (χ0v) is 15.8. The third-order valence-electron chi connectivity index (χ3n) is 3.77. The van der Waals surface area contributed by atoms with E-state index in [1.165, 1.54) is 11.8 Å². The molecule has 0 fully saturated rings. The van der Waals surface area contributed by atoms with Crippen molar-refractivity contribution in [2.75, 3.05) is 16.8 Å². The predicted octanol–water partition coefficient (Wildman–Crippen LogP) is 3.69.